The van der Waals surface area contributed by atoms with Gasteiger partial charge in [-0.2, -0.15) is 0 Å². The molecule has 1 atom stereocenters. The first kappa shape index (κ1) is 10.6. The molecule has 0 spiro atoms. The first-order valence-corrected chi connectivity index (χ1v) is 3.48. The highest BCUT2D eigenvalue weighted by Gasteiger charge is 2.54. The van der Waals surface area contributed by atoms with Crippen molar-refractivity contribution in [2.24, 2.45) is 5.73 Å². The number of carbonyl (C=O) groups is 1. The fourth-order valence-electron chi connectivity index (χ4n) is 0.801. The van der Waals surface area contributed by atoms with E-state index in [0.717, 1.165) is 12.5 Å². The minimum absolute atomic E-state index is 0.426. The van der Waals surface area contributed by atoms with Gasteiger partial charge in [-0.25, -0.2) is 9.78 Å². The number of nitrogens with zero attached hydrogens (tertiary/aromatic N) is 1. The Balaban J connectivity index is 3.13. The van der Waals surface area contributed by atoms with Crippen molar-refractivity contribution < 1.29 is 25.2 Å². The summed E-state index contributed by atoms with van der Waals surface area (Å²) in [5.74, 6) is -5.12. The summed E-state index contributed by atoms with van der Waals surface area (Å²) in [4.78, 5) is 16.1. The number of carboxylic acids is 1. The van der Waals surface area contributed by atoms with Gasteiger partial charge in [0.15, 0.2) is 0 Å². The van der Waals surface area contributed by atoms with Crippen LogP contribution in [0.3, 0.4) is 0 Å². The van der Waals surface area contributed by atoms with Crippen molar-refractivity contribution in [2.75, 3.05) is 0 Å². The third kappa shape index (κ3) is 1.36. The zero-order valence-electron chi connectivity index (χ0n) is 6.88. The molecule has 0 aliphatic carbocycles. The molecule has 0 amide bonds. The van der Waals surface area contributed by atoms with E-state index in [9.17, 15) is 15.0 Å². The number of nitrogens with two attached hydrogens (primary N) is 1. The molecule has 0 aliphatic rings. The average molecular weight is 203 g/mol. The van der Waals surface area contributed by atoms with Crippen LogP contribution in [-0.2, 0) is 10.6 Å². The quantitative estimate of drug-likeness (QED) is 0.292. The minimum Gasteiger partial charge on any atom is -0.478 e. The lowest BCUT2D eigenvalue weighted by atomic mass is 10.0. The van der Waals surface area contributed by atoms with E-state index < -0.39 is 23.2 Å². The number of aromatic amines is 1. The standard InChI is InChI=1S/C6H9N3O5/c7-5(12,4(10)11)6(13,14)3-1-8-2-9-3/h1-2,12-14H,7H2,(H,8,9)(H,10,11)/t5-/m0/s1. The number of hydrogen-bond acceptors (Lipinski definition) is 6. The normalized spacial score (nSPS) is 16.3. The summed E-state index contributed by atoms with van der Waals surface area (Å²) in [6.07, 6.45) is 2.01. The Labute approximate surface area is 77.6 Å². The molecular formula is C6H9N3O5. The van der Waals surface area contributed by atoms with Crippen molar-refractivity contribution in [2.45, 2.75) is 11.5 Å². The lowest BCUT2D eigenvalue weighted by Gasteiger charge is -2.31. The molecule has 0 saturated heterocycles. The van der Waals surface area contributed by atoms with Gasteiger partial charge in [0.05, 0.1) is 18.2 Å². The maximum atomic E-state index is 10.4. The van der Waals surface area contributed by atoms with Crippen LogP contribution in [0.1, 0.15) is 5.69 Å². The number of nitrogens with one attached hydrogen (secondary N) is 1. The first-order valence-electron chi connectivity index (χ1n) is 3.48. The minimum atomic E-state index is -3.22. The van der Waals surface area contributed by atoms with E-state index in [-0.39, 0.29) is 0 Å². The van der Waals surface area contributed by atoms with Gasteiger partial charge >= 0.3 is 5.97 Å². The summed E-state index contributed by atoms with van der Waals surface area (Å²) in [6.45, 7) is 0. The summed E-state index contributed by atoms with van der Waals surface area (Å²) < 4.78 is 0. The highest BCUT2D eigenvalue weighted by atomic mass is 16.5. The molecule has 1 aromatic rings. The lowest BCUT2D eigenvalue weighted by Crippen LogP contribution is -2.64. The van der Waals surface area contributed by atoms with Crippen molar-refractivity contribution in [1.82, 2.24) is 9.97 Å². The van der Waals surface area contributed by atoms with E-state index >= 15 is 0 Å². The fraction of sp³-hybridized carbons (Fsp3) is 0.333. The van der Waals surface area contributed by atoms with Gasteiger partial charge in [0.2, 0.25) is 0 Å². The Bertz CT molecular complexity index is 331. The third-order valence-corrected chi connectivity index (χ3v) is 1.73. The van der Waals surface area contributed by atoms with E-state index in [2.05, 4.69) is 9.97 Å². The summed E-state index contributed by atoms with van der Waals surface area (Å²) in [6, 6.07) is 0. The van der Waals surface area contributed by atoms with Gasteiger partial charge in [0.1, 0.15) is 0 Å². The van der Waals surface area contributed by atoms with Crippen LogP contribution in [0.2, 0.25) is 0 Å². The van der Waals surface area contributed by atoms with E-state index in [0.29, 0.717) is 0 Å². The van der Waals surface area contributed by atoms with Gasteiger partial charge in [0, 0.05) is 0 Å². The van der Waals surface area contributed by atoms with E-state index in [1.54, 1.807) is 0 Å². The highest BCUT2D eigenvalue weighted by molar-refractivity contribution is 5.77. The molecule has 8 nitrogen and oxygen atoms in total. The Kier molecular flexibility index (Phi) is 2.29. The molecule has 0 radical (unpaired) electrons. The SMILES string of the molecule is N[C@](O)(C(=O)O)C(O)(O)c1cnc[nH]1. The van der Waals surface area contributed by atoms with Gasteiger partial charge in [0.25, 0.3) is 11.5 Å². The second-order valence-electron chi connectivity index (χ2n) is 2.71. The Morgan fingerprint density at radius 1 is 1.50 bits per heavy atom. The smallest absolute Gasteiger partial charge is 0.357 e. The molecule has 0 fully saturated rings. The number of carboxylic acid groups (broad SMARTS) is 1. The Morgan fingerprint density at radius 2 is 2.07 bits per heavy atom. The topological polar surface area (TPSA) is 153 Å². The third-order valence-electron chi connectivity index (χ3n) is 1.73. The van der Waals surface area contributed by atoms with Crippen LogP contribution in [-0.4, -0.2) is 42.1 Å². The van der Waals surface area contributed by atoms with E-state index in [4.69, 9.17) is 15.9 Å². The molecule has 0 bridgehead atoms. The number of hydrogen-bond donors (Lipinski definition) is 6. The molecule has 14 heavy (non-hydrogen) atoms. The van der Waals surface area contributed by atoms with Crippen molar-refractivity contribution in [3.63, 3.8) is 0 Å². The molecule has 1 heterocycles. The number of aliphatic carboxylic acids is 1. The first-order chi connectivity index (χ1) is 6.30. The van der Waals surface area contributed by atoms with Gasteiger partial charge in [-0.05, 0) is 0 Å². The molecule has 0 aromatic carbocycles. The zero-order valence-corrected chi connectivity index (χ0v) is 6.88. The van der Waals surface area contributed by atoms with Crippen LogP contribution in [0, 0.1) is 0 Å². The van der Waals surface area contributed by atoms with Crippen LogP contribution in [0.15, 0.2) is 12.5 Å². The molecular weight excluding hydrogens is 194 g/mol. The number of H-pyrrole nitrogens is 1. The van der Waals surface area contributed by atoms with Gasteiger partial charge in [-0.3, -0.25) is 5.73 Å². The van der Waals surface area contributed by atoms with Crippen molar-refractivity contribution in [1.29, 1.82) is 0 Å². The lowest BCUT2D eigenvalue weighted by molar-refractivity contribution is -0.281. The molecule has 1 rings (SSSR count). The van der Waals surface area contributed by atoms with Crippen LogP contribution in [0.25, 0.3) is 0 Å². The van der Waals surface area contributed by atoms with Crippen molar-refractivity contribution in [3.8, 4) is 0 Å². The molecule has 1 aromatic heterocycles. The number of rotatable bonds is 3. The van der Waals surface area contributed by atoms with Crippen LogP contribution in [0.4, 0.5) is 0 Å². The second kappa shape index (κ2) is 3.03. The molecule has 0 saturated carbocycles. The monoisotopic (exact) mass is 203 g/mol. The van der Waals surface area contributed by atoms with Crippen molar-refractivity contribution in [3.05, 3.63) is 18.2 Å². The van der Waals surface area contributed by atoms with Crippen LogP contribution in [0.5, 0.6) is 0 Å². The fourth-order valence-corrected chi connectivity index (χ4v) is 0.801. The van der Waals surface area contributed by atoms with Crippen molar-refractivity contribution >= 4 is 5.97 Å². The maximum Gasteiger partial charge on any atom is 0.357 e. The predicted molar refractivity (Wildman–Crippen MR) is 41.5 cm³/mol. The van der Waals surface area contributed by atoms with Gasteiger partial charge in [-0.15, -0.1) is 0 Å². The zero-order chi connectivity index (χ0) is 11.0. The maximum absolute atomic E-state index is 10.4. The summed E-state index contributed by atoms with van der Waals surface area (Å²) in [5, 5.41) is 36.2. The highest BCUT2D eigenvalue weighted by Crippen LogP contribution is 2.25. The molecule has 8 heteroatoms. The average Bonchev–Trinajstić information content (AvgIpc) is 2.55. The summed E-state index contributed by atoms with van der Waals surface area (Å²) >= 11 is 0. The number of aromatic nitrogens is 2. The Morgan fingerprint density at radius 3 is 2.43 bits per heavy atom. The molecule has 7 N–H and O–H groups in total. The van der Waals surface area contributed by atoms with Crippen LogP contribution >= 0.6 is 0 Å². The van der Waals surface area contributed by atoms with Crippen LogP contribution < -0.4 is 5.73 Å². The Hall–Kier alpha value is -1.48. The van der Waals surface area contributed by atoms with E-state index in [1.165, 1.54) is 0 Å². The molecule has 0 unspecified atom stereocenters. The van der Waals surface area contributed by atoms with E-state index in [1.807, 2.05) is 0 Å². The summed E-state index contributed by atoms with van der Waals surface area (Å²) in [5.41, 5.74) is 1.19. The predicted octanol–water partition coefficient (Wildman–Crippen LogP) is -2.72. The molecule has 0 aliphatic heterocycles. The molecule has 78 valence electrons. The summed E-state index contributed by atoms with van der Waals surface area (Å²) in [7, 11) is 0. The van der Waals surface area contributed by atoms with Gasteiger partial charge < -0.3 is 25.4 Å². The van der Waals surface area contributed by atoms with Gasteiger partial charge in [-0.1, -0.05) is 0 Å². The second-order valence-corrected chi connectivity index (χ2v) is 2.71. The number of imidazole rings is 1. The number of aliphatic hydroxyl groups is 3. The largest absolute Gasteiger partial charge is 0.478 e.